The van der Waals surface area contributed by atoms with Gasteiger partial charge in [0.1, 0.15) is 12.4 Å². The average Bonchev–Trinajstić information content (AvgIpc) is 2.85. The van der Waals surface area contributed by atoms with Gasteiger partial charge in [-0.15, -0.1) is 0 Å². The van der Waals surface area contributed by atoms with Crippen LogP contribution in [-0.4, -0.2) is 80.9 Å². The van der Waals surface area contributed by atoms with E-state index < -0.39 is 10.0 Å². The van der Waals surface area contributed by atoms with Crippen molar-refractivity contribution in [3.8, 4) is 5.75 Å². The number of fused-ring (bicyclic) bond motifs is 1. The molecule has 0 saturated carbocycles. The molecule has 2 aromatic rings. The van der Waals surface area contributed by atoms with Gasteiger partial charge in [-0.3, -0.25) is 19.4 Å². The van der Waals surface area contributed by atoms with Crippen molar-refractivity contribution in [3.05, 3.63) is 53.9 Å². The summed E-state index contributed by atoms with van der Waals surface area (Å²) in [4.78, 5) is 21.8. The Hall–Kier alpha value is -2.69. The van der Waals surface area contributed by atoms with E-state index in [1.807, 2.05) is 18.2 Å². The molecule has 1 N–H and O–H groups in total. The van der Waals surface area contributed by atoms with E-state index in [1.54, 1.807) is 44.3 Å². The lowest BCUT2D eigenvalue weighted by atomic mass is 10.0. The van der Waals surface area contributed by atoms with Crippen molar-refractivity contribution in [1.29, 1.82) is 0 Å². The predicted octanol–water partition coefficient (Wildman–Crippen LogP) is 2.85. The van der Waals surface area contributed by atoms with Gasteiger partial charge in [-0.2, -0.15) is 0 Å². The zero-order chi connectivity index (χ0) is 25.6. The van der Waals surface area contributed by atoms with E-state index in [0.717, 1.165) is 12.2 Å². The van der Waals surface area contributed by atoms with Gasteiger partial charge in [0.25, 0.3) is 5.91 Å². The molecule has 0 spiro atoms. The Morgan fingerprint density at radius 2 is 1.97 bits per heavy atom. The number of nitrogens with zero attached hydrogens (tertiary/aromatic N) is 3. The fraction of sp³-hybridized carbons (Fsp3) is 0.520. The molecule has 0 saturated heterocycles. The van der Waals surface area contributed by atoms with Crippen LogP contribution in [0.1, 0.15) is 36.8 Å². The van der Waals surface area contributed by atoms with Crippen LogP contribution in [0.3, 0.4) is 0 Å². The molecular formula is C25H36N4O5S. The standard InChI is InChI=1S/C25H36N4O5S/c1-6-35(31,32)27-20-10-11-23-22(13-20)25(30)28(4)16-24(33-5)18(2)14-29(19(3)17-34-23)15-21-9-7-8-12-26-21/h7-13,18-19,24,27H,6,14-17H2,1-5H3/t18-,19-,24+/m1/s1. The van der Waals surface area contributed by atoms with Gasteiger partial charge in [-0.05, 0) is 50.1 Å². The number of aromatic nitrogens is 1. The average molecular weight is 505 g/mol. The molecule has 1 aliphatic rings. The van der Waals surface area contributed by atoms with E-state index >= 15 is 0 Å². The number of pyridine rings is 1. The number of benzene rings is 1. The summed E-state index contributed by atoms with van der Waals surface area (Å²) in [6.07, 6.45) is 1.60. The molecule has 3 atom stereocenters. The third-order valence-electron chi connectivity index (χ3n) is 6.32. The summed E-state index contributed by atoms with van der Waals surface area (Å²) in [5.41, 5.74) is 1.59. The molecule has 9 nitrogen and oxygen atoms in total. The van der Waals surface area contributed by atoms with Gasteiger partial charge in [0.2, 0.25) is 10.0 Å². The number of methoxy groups -OCH3 is 1. The molecule has 1 amide bonds. The summed E-state index contributed by atoms with van der Waals surface area (Å²) < 4.78 is 38.6. The minimum atomic E-state index is -3.48. The van der Waals surface area contributed by atoms with Gasteiger partial charge in [-0.1, -0.05) is 13.0 Å². The number of amides is 1. The predicted molar refractivity (Wildman–Crippen MR) is 136 cm³/mol. The first-order valence-electron chi connectivity index (χ1n) is 11.8. The second-order valence-corrected chi connectivity index (χ2v) is 11.1. The molecule has 0 unspecified atom stereocenters. The highest BCUT2D eigenvalue weighted by molar-refractivity contribution is 7.92. The summed E-state index contributed by atoms with van der Waals surface area (Å²) >= 11 is 0. The smallest absolute Gasteiger partial charge is 0.257 e. The molecule has 192 valence electrons. The highest BCUT2D eigenvalue weighted by Gasteiger charge is 2.28. The number of likely N-dealkylation sites (N-methyl/N-ethyl adjacent to an activating group) is 1. The second kappa shape index (κ2) is 11.8. The Bertz CT molecular complexity index is 1100. The highest BCUT2D eigenvalue weighted by atomic mass is 32.2. The van der Waals surface area contributed by atoms with Gasteiger partial charge in [0.15, 0.2) is 0 Å². The first-order chi connectivity index (χ1) is 16.6. The summed E-state index contributed by atoms with van der Waals surface area (Å²) in [7, 11) is -0.109. The minimum Gasteiger partial charge on any atom is -0.491 e. The summed E-state index contributed by atoms with van der Waals surface area (Å²) in [5.74, 6) is 0.216. The van der Waals surface area contributed by atoms with E-state index in [0.29, 0.717) is 36.7 Å². The third-order valence-corrected chi connectivity index (χ3v) is 7.63. The number of nitrogens with one attached hydrogen (secondary N) is 1. The van der Waals surface area contributed by atoms with Crippen molar-refractivity contribution in [1.82, 2.24) is 14.8 Å². The number of sulfonamides is 1. The van der Waals surface area contributed by atoms with Crippen molar-refractivity contribution in [2.75, 3.05) is 44.3 Å². The van der Waals surface area contributed by atoms with Gasteiger partial charge in [0, 0.05) is 51.7 Å². The quantitative estimate of drug-likeness (QED) is 0.646. The lowest BCUT2D eigenvalue weighted by Crippen LogP contribution is -2.46. The van der Waals surface area contributed by atoms with Crippen LogP contribution in [-0.2, 0) is 21.3 Å². The number of carbonyl (C=O) groups is 1. The Kier molecular flexibility index (Phi) is 9.09. The molecule has 0 fully saturated rings. The first kappa shape index (κ1) is 26.9. The van der Waals surface area contributed by atoms with E-state index in [4.69, 9.17) is 9.47 Å². The SMILES string of the molecule is CCS(=O)(=O)Nc1ccc2c(c1)C(=O)N(C)C[C@H](OC)[C@H](C)CN(Cc1ccccn1)[C@H](C)CO2. The van der Waals surface area contributed by atoms with Crippen molar-refractivity contribution in [3.63, 3.8) is 0 Å². The van der Waals surface area contributed by atoms with Crippen LogP contribution in [0, 0.1) is 5.92 Å². The number of rotatable bonds is 6. The maximum absolute atomic E-state index is 13.4. The fourth-order valence-electron chi connectivity index (χ4n) is 4.09. The van der Waals surface area contributed by atoms with Gasteiger partial charge >= 0.3 is 0 Å². The van der Waals surface area contributed by atoms with Crippen LogP contribution in [0.2, 0.25) is 0 Å². The normalized spacial score (nSPS) is 22.5. The molecular weight excluding hydrogens is 468 g/mol. The lowest BCUT2D eigenvalue weighted by Gasteiger charge is -2.35. The van der Waals surface area contributed by atoms with Crippen LogP contribution in [0.25, 0.3) is 0 Å². The summed E-state index contributed by atoms with van der Waals surface area (Å²) in [5, 5.41) is 0. The molecule has 1 aromatic carbocycles. The molecule has 1 aromatic heterocycles. The van der Waals surface area contributed by atoms with Crippen LogP contribution in [0.4, 0.5) is 5.69 Å². The van der Waals surface area contributed by atoms with Gasteiger partial charge in [0.05, 0.1) is 23.1 Å². The van der Waals surface area contributed by atoms with Crippen LogP contribution < -0.4 is 9.46 Å². The molecule has 0 aliphatic carbocycles. The number of hydrogen-bond donors (Lipinski definition) is 1. The van der Waals surface area contributed by atoms with Crippen molar-refractivity contribution < 1.29 is 22.7 Å². The maximum Gasteiger partial charge on any atom is 0.257 e. The number of ether oxygens (including phenoxy) is 2. The number of hydrogen-bond acceptors (Lipinski definition) is 7. The molecule has 1 aliphatic heterocycles. The lowest BCUT2D eigenvalue weighted by molar-refractivity contribution is 0.00901. The Labute approximate surface area is 208 Å². The van der Waals surface area contributed by atoms with E-state index in [1.165, 1.54) is 6.07 Å². The van der Waals surface area contributed by atoms with Crippen LogP contribution in [0.15, 0.2) is 42.6 Å². The molecule has 0 radical (unpaired) electrons. The second-order valence-electron chi connectivity index (χ2n) is 9.06. The van der Waals surface area contributed by atoms with Crippen molar-refractivity contribution in [2.45, 2.75) is 39.5 Å². The molecule has 35 heavy (non-hydrogen) atoms. The van der Waals surface area contributed by atoms with E-state index in [9.17, 15) is 13.2 Å². The zero-order valence-corrected chi connectivity index (χ0v) is 21.9. The summed E-state index contributed by atoms with van der Waals surface area (Å²) in [6.45, 7) is 7.89. The van der Waals surface area contributed by atoms with Gasteiger partial charge < -0.3 is 14.4 Å². The van der Waals surface area contributed by atoms with E-state index in [-0.39, 0.29) is 29.7 Å². The number of carbonyl (C=O) groups excluding carboxylic acids is 1. The topological polar surface area (TPSA) is 101 Å². The van der Waals surface area contributed by atoms with Crippen molar-refractivity contribution >= 4 is 21.6 Å². The monoisotopic (exact) mass is 504 g/mol. The molecule has 0 bridgehead atoms. The Balaban J connectivity index is 1.95. The summed E-state index contributed by atoms with van der Waals surface area (Å²) in [6, 6.07) is 10.7. The largest absolute Gasteiger partial charge is 0.491 e. The van der Waals surface area contributed by atoms with Crippen LogP contribution in [0.5, 0.6) is 5.75 Å². The number of anilines is 1. The van der Waals surface area contributed by atoms with Crippen LogP contribution >= 0.6 is 0 Å². The zero-order valence-electron chi connectivity index (χ0n) is 21.1. The fourth-order valence-corrected chi connectivity index (χ4v) is 4.72. The molecule has 10 heteroatoms. The third kappa shape index (κ3) is 7.16. The Morgan fingerprint density at radius 3 is 2.63 bits per heavy atom. The highest BCUT2D eigenvalue weighted by Crippen LogP contribution is 2.27. The minimum absolute atomic E-state index is 0.0235. The maximum atomic E-state index is 13.4. The first-order valence-corrected chi connectivity index (χ1v) is 13.5. The molecule has 2 heterocycles. The van der Waals surface area contributed by atoms with Crippen molar-refractivity contribution in [2.24, 2.45) is 5.92 Å². The van der Waals surface area contributed by atoms with Gasteiger partial charge in [-0.25, -0.2) is 8.42 Å². The Morgan fingerprint density at radius 1 is 1.20 bits per heavy atom. The van der Waals surface area contributed by atoms with E-state index in [2.05, 4.69) is 28.5 Å². The molecule has 3 rings (SSSR count).